The van der Waals surface area contributed by atoms with Crippen LogP contribution in [-0.4, -0.2) is 54.1 Å². The molecular formula is C30H43N5O3. The number of nitrogens with one attached hydrogen (secondary N) is 2. The van der Waals surface area contributed by atoms with Crippen LogP contribution >= 0.6 is 0 Å². The minimum absolute atomic E-state index is 0.0501. The highest BCUT2D eigenvalue weighted by molar-refractivity contribution is 5.93. The molecule has 1 amide bonds. The van der Waals surface area contributed by atoms with Crippen molar-refractivity contribution in [3.05, 3.63) is 48.3 Å². The van der Waals surface area contributed by atoms with Crippen LogP contribution in [0.5, 0.6) is 11.5 Å². The molecule has 3 rings (SSSR count). The maximum absolute atomic E-state index is 11.4. The first-order chi connectivity index (χ1) is 18.4. The Bertz CT molecular complexity index is 1140. The lowest BCUT2D eigenvalue weighted by atomic mass is 10.1. The molecule has 8 heteroatoms. The van der Waals surface area contributed by atoms with Crippen molar-refractivity contribution in [1.29, 1.82) is 0 Å². The van der Waals surface area contributed by atoms with E-state index in [0.717, 1.165) is 48.2 Å². The molecule has 0 fully saturated rings. The summed E-state index contributed by atoms with van der Waals surface area (Å²) < 4.78 is 11.8. The Hall–Kier alpha value is -3.39. The highest BCUT2D eigenvalue weighted by atomic mass is 16.5. The summed E-state index contributed by atoms with van der Waals surface area (Å²) in [6, 6.07) is 11.7. The molecule has 1 unspecified atom stereocenters. The van der Waals surface area contributed by atoms with Crippen LogP contribution in [0.25, 0.3) is 10.9 Å². The van der Waals surface area contributed by atoms with Gasteiger partial charge in [0.05, 0.1) is 25.3 Å². The number of benzene rings is 2. The number of carbonyl (C=O) groups is 1. The Morgan fingerprint density at radius 3 is 2.29 bits per heavy atom. The fourth-order valence-corrected chi connectivity index (χ4v) is 4.39. The third-order valence-electron chi connectivity index (χ3n) is 6.55. The van der Waals surface area contributed by atoms with Gasteiger partial charge in [0.2, 0.25) is 5.91 Å². The molecule has 0 saturated carbocycles. The van der Waals surface area contributed by atoms with E-state index in [1.54, 1.807) is 13.4 Å². The molecule has 2 aromatic carbocycles. The summed E-state index contributed by atoms with van der Waals surface area (Å²) in [5, 5.41) is 7.16. The Morgan fingerprint density at radius 2 is 1.66 bits per heavy atom. The lowest BCUT2D eigenvalue weighted by Gasteiger charge is -2.22. The molecule has 38 heavy (non-hydrogen) atoms. The third kappa shape index (κ3) is 8.58. The van der Waals surface area contributed by atoms with Crippen LogP contribution in [0.4, 0.5) is 11.5 Å². The zero-order valence-corrected chi connectivity index (χ0v) is 23.5. The van der Waals surface area contributed by atoms with E-state index in [4.69, 9.17) is 9.47 Å². The zero-order chi connectivity index (χ0) is 27.3. The van der Waals surface area contributed by atoms with Crippen molar-refractivity contribution in [3.8, 4) is 11.5 Å². The van der Waals surface area contributed by atoms with E-state index in [0.29, 0.717) is 23.9 Å². The van der Waals surface area contributed by atoms with E-state index in [1.165, 1.54) is 32.6 Å². The summed E-state index contributed by atoms with van der Waals surface area (Å²) in [6.45, 7) is 11.9. The van der Waals surface area contributed by atoms with Crippen LogP contribution in [0, 0.1) is 0 Å². The van der Waals surface area contributed by atoms with Gasteiger partial charge in [0.15, 0.2) is 11.5 Å². The van der Waals surface area contributed by atoms with Gasteiger partial charge in [-0.25, -0.2) is 9.97 Å². The number of methoxy groups -OCH3 is 1. The smallest absolute Gasteiger partial charge is 0.217 e. The Labute approximate surface area is 227 Å². The van der Waals surface area contributed by atoms with Crippen molar-refractivity contribution >= 4 is 28.3 Å². The lowest BCUT2D eigenvalue weighted by molar-refractivity contribution is -0.119. The molecule has 0 radical (unpaired) electrons. The summed E-state index contributed by atoms with van der Waals surface area (Å²) in [5.41, 5.74) is 2.69. The molecular weight excluding hydrogens is 478 g/mol. The quantitative estimate of drug-likeness (QED) is 0.215. The molecule has 3 aromatic rings. The lowest BCUT2D eigenvalue weighted by Crippen LogP contribution is -2.28. The van der Waals surface area contributed by atoms with Crippen molar-refractivity contribution in [3.63, 3.8) is 0 Å². The Kier molecular flexibility index (Phi) is 11.6. The molecule has 0 bridgehead atoms. The summed E-state index contributed by atoms with van der Waals surface area (Å²) in [6.07, 6.45) is 7.39. The van der Waals surface area contributed by atoms with Crippen molar-refractivity contribution < 1.29 is 14.3 Å². The van der Waals surface area contributed by atoms with Gasteiger partial charge in [-0.1, -0.05) is 38.8 Å². The highest BCUT2D eigenvalue weighted by Gasteiger charge is 2.13. The number of anilines is 2. The highest BCUT2D eigenvalue weighted by Crippen LogP contribution is 2.35. The maximum atomic E-state index is 11.4. The predicted octanol–water partition coefficient (Wildman–Crippen LogP) is 6.25. The van der Waals surface area contributed by atoms with E-state index in [9.17, 15) is 4.79 Å². The van der Waals surface area contributed by atoms with Crippen LogP contribution in [0.3, 0.4) is 0 Å². The van der Waals surface area contributed by atoms with Crippen LogP contribution in [0.2, 0.25) is 0 Å². The van der Waals surface area contributed by atoms with Gasteiger partial charge < -0.3 is 25.0 Å². The minimum Gasteiger partial charge on any atom is -0.493 e. The van der Waals surface area contributed by atoms with Gasteiger partial charge in [-0.3, -0.25) is 4.79 Å². The number of fused-ring (bicyclic) bond motifs is 1. The summed E-state index contributed by atoms with van der Waals surface area (Å²) in [5.74, 6) is 1.99. The molecule has 1 aromatic heterocycles. The van der Waals surface area contributed by atoms with Crippen molar-refractivity contribution in [2.75, 3.05) is 38.7 Å². The molecule has 8 nitrogen and oxygen atoms in total. The number of aromatic nitrogens is 2. The fraction of sp³-hybridized carbons (Fsp3) is 0.500. The Balaban J connectivity index is 1.71. The average molecular weight is 522 g/mol. The van der Waals surface area contributed by atoms with Crippen molar-refractivity contribution in [2.45, 2.75) is 65.8 Å². The topological polar surface area (TPSA) is 88.6 Å². The standard InChI is InChI=1S/C30H43N5O3/c1-6-8-15-35(16-9-7-2)17-10-18-38-29-19-26-27(20-28(29)37-5)31-21-32-30(26)34-25-13-11-24(12-14-25)22(3)33-23(4)36/h11-14,19-22H,6-10,15-18H2,1-5H3,(H,33,36)(H,31,32,34). The predicted molar refractivity (Wildman–Crippen MR) is 154 cm³/mol. The second kappa shape index (κ2) is 15.1. The average Bonchev–Trinajstić information content (AvgIpc) is 2.91. The molecule has 206 valence electrons. The first kappa shape index (κ1) is 29.2. The largest absolute Gasteiger partial charge is 0.493 e. The van der Waals surface area contributed by atoms with E-state index in [1.807, 2.05) is 43.3 Å². The van der Waals surface area contributed by atoms with E-state index in [-0.39, 0.29) is 11.9 Å². The second-order valence-electron chi connectivity index (χ2n) is 9.66. The zero-order valence-electron chi connectivity index (χ0n) is 23.5. The van der Waals surface area contributed by atoms with Crippen LogP contribution in [0.15, 0.2) is 42.7 Å². The van der Waals surface area contributed by atoms with Gasteiger partial charge in [0.25, 0.3) is 0 Å². The number of nitrogens with zero attached hydrogens (tertiary/aromatic N) is 3. The number of amides is 1. The van der Waals surface area contributed by atoms with Gasteiger partial charge >= 0.3 is 0 Å². The van der Waals surface area contributed by atoms with Crippen LogP contribution in [0.1, 0.15) is 71.4 Å². The number of hydrogen-bond donors (Lipinski definition) is 2. The van der Waals surface area contributed by atoms with E-state index < -0.39 is 0 Å². The number of carbonyl (C=O) groups excluding carboxylic acids is 1. The third-order valence-corrected chi connectivity index (χ3v) is 6.55. The van der Waals surface area contributed by atoms with Crippen molar-refractivity contribution in [2.24, 2.45) is 0 Å². The number of rotatable bonds is 16. The van der Waals surface area contributed by atoms with Crippen molar-refractivity contribution in [1.82, 2.24) is 20.2 Å². The molecule has 2 N–H and O–H groups in total. The Morgan fingerprint density at radius 1 is 0.974 bits per heavy atom. The monoisotopic (exact) mass is 521 g/mol. The first-order valence-electron chi connectivity index (χ1n) is 13.8. The van der Waals surface area contributed by atoms with Gasteiger partial charge in [0, 0.05) is 30.6 Å². The number of unbranched alkanes of at least 4 members (excludes halogenated alkanes) is 2. The molecule has 1 atom stereocenters. The van der Waals surface area contributed by atoms with Crippen LogP contribution in [-0.2, 0) is 4.79 Å². The summed E-state index contributed by atoms with van der Waals surface area (Å²) in [7, 11) is 1.65. The van der Waals surface area contributed by atoms with Gasteiger partial charge in [-0.2, -0.15) is 0 Å². The first-order valence-corrected chi connectivity index (χ1v) is 13.8. The van der Waals surface area contributed by atoms with Gasteiger partial charge in [0.1, 0.15) is 12.1 Å². The van der Waals surface area contributed by atoms with Gasteiger partial charge in [-0.05, 0) is 63.0 Å². The molecule has 0 aliphatic rings. The summed E-state index contributed by atoms with van der Waals surface area (Å²) >= 11 is 0. The molecule has 0 aliphatic carbocycles. The molecule has 1 heterocycles. The SMILES string of the molecule is CCCCN(CCCC)CCCOc1cc2c(Nc3ccc(C(C)NC(C)=O)cc3)ncnc2cc1OC. The second-order valence-corrected chi connectivity index (χ2v) is 9.66. The molecule has 0 spiro atoms. The van der Waals surface area contributed by atoms with E-state index in [2.05, 4.69) is 39.3 Å². The minimum atomic E-state index is -0.0565. The van der Waals surface area contributed by atoms with E-state index >= 15 is 0 Å². The normalized spacial score (nSPS) is 11.9. The molecule has 0 saturated heterocycles. The number of ether oxygens (including phenoxy) is 2. The van der Waals surface area contributed by atoms with Gasteiger partial charge in [-0.15, -0.1) is 0 Å². The number of hydrogen-bond acceptors (Lipinski definition) is 7. The summed E-state index contributed by atoms with van der Waals surface area (Å²) in [4.78, 5) is 22.8. The fourth-order valence-electron chi connectivity index (χ4n) is 4.39. The maximum Gasteiger partial charge on any atom is 0.217 e. The molecule has 0 aliphatic heterocycles. The van der Waals surface area contributed by atoms with Crippen LogP contribution < -0.4 is 20.1 Å².